The Morgan fingerprint density at radius 3 is 2.68 bits per heavy atom. The lowest BCUT2D eigenvalue weighted by molar-refractivity contribution is -0.114. The van der Waals surface area contributed by atoms with E-state index in [-0.39, 0.29) is 11.9 Å². The second-order valence-electron chi connectivity index (χ2n) is 6.18. The lowest BCUT2D eigenvalue weighted by Crippen LogP contribution is -2.49. The summed E-state index contributed by atoms with van der Waals surface area (Å²) in [7, 11) is 1.64. The molecule has 1 amide bonds. The van der Waals surface area contributed by atoms with Gasteiger partial charge in [0, 0.05) is 25.2 Å². The number of ether oxygens (including phenoxy) is 1. The lowest BCUT2D eigenvalue weighted by atomic mass is 10.1. The predicted molar refractivity (Wildman–Crippen MR) is 103 cm³/mol. The Morgan fingerprint density at radius 2 is 1.96 bits per heavy atom. The highest BCUT2D eigenvalue weighted by Gasteiger charge is 2.29. The first-order valence-electron chi connectivity index (χ1n) is 8.63. The van der Waals surface area contributed by atoms with Gasteiger partial charge in [0.15, 0.2) is 0 Å². The number of anilines is 2. The summed E-state index contributed by atoms with van der Waals surface area (Å²) in [4.78, 5) is 17.0. The van der Waals surface area contributed by atoms with E-state index in [9.17, 15) is 4.79 Å². The molecule has 0 spiro atoms. The van der Waals surface area contributed by atoms with Crippen molar-refractivity contribution < 1.29 is 9.53 Å². The molecule has 4 heteroatoms. The molecule has 1 aliphatic rings. The van der Waals surface area contributed by atoms with Crippen molar-refractivity contribution in [3.8, 4) is 5.75 Å². The number of nitrogens with zero attached hydrogens (tertiary/aromatic N) is 2. The monoisotopic (exact) mass is 336 g/mol. The van der Waals surface area contributed by atoms with Crippen molar-refractivity contribution in [2.75, 3.05) is 30.0 Å². The average Bonchev–Trinajstić information content (AvgIpc) is 2.65. The minimum atomic E-state index is -0.00197. The summed E-state index contributed by atoms with van der Waals surface area (Å²) in [5.41, 5.74) is 3.04. The van der Waals surface area contributed by atoms with Crippen LogP contribution in [0, 0.1) is 0 Å². The van der Waals surface area contributed by atoms with E-state index < -0.39 is 0 Å². The highest BCUT2D eigenvalue weighted by molar-refractivity contribution is 6.06. The molecule has 2 aromatic carbocycles. The first-order chi connectivity index (χ1) is 12.1. The molecular formula is C21H24N2O2. The fourth-order valence-corrected chi connectivity index (χ4v) is 3.33. The van der Waals surface area contributed by atoms with E-state index in [1.807, 2.05) is 53.4 Å². The zero-order valence-electron chi connectivity index (χ0n) is 15.0. The maximum Gasteiger partial charge on any atom is 0.251 e. The number of amides is 1. The van der Waals surface area contributed by atoms with Crippen molar-refractivity contribution >= 4 is 23.4 Å². The first-order valence-corrected chi connectivity index (χ1v) is 8.63. The van der Waals surface area contributed by atoms with Crippen LogP contribution >= 0.6 is 0 Å². The smallest absolute Gasteiger partial charge is 0.251 e. The molecular weight excluding hydrogens is 312 g/mol. The van der Waals surface area contributed by atoms with E-state index in [0.717, 1.165) is 29.2 Å². The standard InChI is InChI=1S/C21H24N2O2/c1-4-22-16(2)15-23(20-11-6-5-10-19(20)22)21(24)13-12-17-8-7-9-18(14-17)25-3/h5-14,16H,4,15H2,1-3H3/b13-12+. The Labute approximate surface area is 149 Å². The van der Waals surface area contributed by atoms with Crippen LogP contribution in [0.5, 0.6) is 5.75 Å². The second kappa shape index (κ2) is 7.43. The van der Waals surface area contributed by atoms with Crippen LogP contribution in [0.2, 0.25) is 0 Å². The van der Waals surface area contributed by atoms with Gasteiger partial charge in [-0.25, -0.2) is 0 Å². The van der Waals surface area contributed by atoms with Gasteiger partial charge in [0.05, 0.1) is 18.5 Å². The summed E-state index contributed by atoms with van der Waals surface area (Å²) in [6.45, 7) is 5.92. The number of methoxy groups -OCH3 is 1. The zero-order valence-corrected chi connectivity index (χ0v) is 15.0. The maximum atomic E-state index is 12.8. The minimum absolute atomic E-state index is 0.00197. The van der Waals surface area contributed by atoms with Crippen molar-refractivity contribution in [2.45, 2.75) is 19.9 Å². The highest BCUT2D eigenvalue weighted by atomic mass is 16.5. The van der Waals surface area contributed by atoms with Crippen LogP contribution in [-0.2, 0) is 4.79 Å². The summed E-state index contributed by atoms with van der Waals surface area (Å²) in [5.74, 6) is 0.781. The number of likely N-dealkylation sites (N-methyl/N-ethyl adjacent to an activating group) is 1. The third kappa shape index (κ3) is 3.53. The van der Waals surface area contributed by atoms with Crippen LogP contribution < -0.4 is 14.5 Å². The Hall–Kier alpha value is -2.75. The van der Waals surface area contributed by atoms with Gasteiger partial charge in [-0.3, -0.25) is 4.79 Å². The fourth-order valence-electron chi connectivity index (χ4n) is 3.33. The van der Waals surface area contributed by atoms with Crippen LogP contribution in [0.15, 0.2) is 54.6 Å². The molecule has 0 saturated heterocycles. The summed E-state index contributed by atoms with van der Waals surface area (Å²) >= 11 is 0. The van der Waals surface area contributed by atoms with Gasteiger partial charge >= 0.3 is 0 Å². The lowest BCUT2D eigenvalue weighted by Gasteiger charge is -2.41. The molecule has 0 radical (unpaired) electrons. The quantitative estimate of drug-likeness (QED) is 0.792. The van der Waals surface area contributed by atoms with Gasteiger partial charge in [-0.05, 0) is 49.8 Å². The van der Waals surface area contributed by atoms with Gasteiger partial charge in [0.25, 0.3) is 5.91 Å². The van der Waals surface area contributed by atoms with Gasteiger partial charge in [0.1, 0.15) is 5.75 Å². The Morgan fingerprint density at radius 1 is 1.20 bits per heavy atom. The number of carbonyl (C=O) groups excluding carboxylic acids is 1. The first kappa shape index (κ1) is 17.1. The molecule has 4 nitrogen and oxygen atoms in total. The van der Waals surface area contributed by atoms with Gasteiger partial charge in [-0.15, -0.1) is 0 Å². The third-order valence-electron chi connectivity index (χ3n) is 4.58. The van der Waals surface area contributed by atoms with Crippen molar-refractivity contribution in [3.63, 3.8) is 0 Å². The predicted octanol–water partition coefficient (Wildman–Crippen LogP) is 3.97. The van der Waals surface area contributed by atoms with Crippen molar-refractivity contribution in [1.82, 2.24) is 0 Å². The molecule has 1 atom stereocenters. The summed E-state index contributed by atoms with van der Waals surface area (Å²) < 4.78 is 5.23. The molecule has 1 heterocycles. The van der Waals surface area contributed by atoms with Crippen molar-refractivity contribution in [2.24, 2.45) is 0 Å². The van der Waals surface area contributed by atoms with Crippen LogP contribution in [0.3, 0.4) is 0 Å². The number of hydrogen-bond donors (Lipinski definition) is 0. The average molecular weight is 336 g/mol. The molecule has 2 aromatic rings. The number of fused-ring (bicyclic) bond motifs is 1. The Kier molecular flexibility index (Phi) is 5.08. The Bertz CT molecular complexity index is 785. The number of benzene rings is 2. The molecule has 1 aliphatic heterocycles. The molecule has 1 unspecified atom stereocenters. The van der Waals surface area contributed by atoms with E-state index in [4.69, 9.17) is 4.74 Å². The van der Waals surface area contributed by atoms with Crippen LogP contribution in [0.1, 0.15) is 19.4 Å². The molecule has 3 rings (SSSR count). The van der Waals surface area contributed by atoms with E-state index in [2.05, 4.69) is 24.8 Å². The molecule has 0 aromatic heterocycles. The molecule has 0 N–H and O–H groups in total. The molecule has 0 saturated carbocycles. The summed E-state index contributed by atoms with van der Waals surface area (Å²) in [5, 5.41) is 0. The molecule has 25 heavy (non-hydrogen) atoms. The van der Waals surface area contributed by atoms with Crippen molar-refractivity contribution in [3.05, 3.63) is 60.2 Å². The van der Waals surface area contributed by atoms with Gasteiger partial charge in [-0.1, -0.05) is 24.3 Å². The molecule has 0 fully saturated rings. The SMILES string of the molecule is CCN1c2ccccc2N(C(=O)/C=C/c2cccc(OC)c2)CC1C. The van der Waals surface area contributed by atoms with E-state index in [1.165, 1.54) is 0 Å². The number of hydrogen-bond acceptors (Lipinski definition) is 3. The second-order valence-corrected chi connectivity index (χ2v) is 6.18. The molecule has 0 bridgehead atoms. The third-order valence-corrected chi connectivity index (χ3v) is 4.58. The van der Waals surface area contributed by atoms with Gasteiger partial charge in [0.2, 0.25) is 0 Å². The zero-order chi connectivity index (χ0) is 17.8. The largest absolute Gasteiger partial charge is 0.497 e. The van der Waals surface area contributed by atoms with Crippen LogP contribution in [-0.4, -0.2) is 32.1 Å². The molecule has 0 aliphatic carbocycles. The molecule has 130 valence electrons. The van der Waals surface area contributed by atoms with E-state index in [0.29, 0.717) is 6.54 Å². The number of rotatable bonds is 4. The number of para-hydroxylation sites is 2. The van der Waals surface area contributed by atoms with Crippen LogP contribution in [0.4, 0.5) is 11.4 Å². The van der Waals surface area contributed by atoms with Gasteiger partial charge < -0.3 is 14.5 Å². The summed E-state index contributed by atoms with van der Waals surface area (Å²) in [6.07, 6.45) is 3.48. The van der Waals surface area contributed by atoms with Crippen molar-refractivity contribution in [1.29, 1.82) is 0 Å². The highest BCUT2D eigenvalue weighted by Crippen LogP contribution is 2.35. The van der Waals surface area contributed by atoms with Gasteiger partial charge in [-0.2, -0.15) is 0 Å². The van der Waals surface area contributed by atoms with E-state index >= 15 is 0 Å². The normalized spacial score (nSPS) is 16.8. The minimum Gasteiger partial charge on any atom is -0.497 e. The topological polar surface area (TPSA) is 32.8 Å². The maximum absolute atomic E-state index is 12.8. The summed E-state index contributed by atoms with van der Waals surface area (Å²) in [6, 6.07) is 16.1. The Balaban J connectivity index is 1.85. The fraction of sp³-hybridized carbons (Fsp3) is 0.286. The number of carbonyl (C=O) groups is 1. The van der Waals surface area contributed by atoms with Crippen LogP contribution in [0.25, 0.3) is 6.08 Å². The van der Waals surface area contributed by atoms with E-state index in [1.54, 1.807) is 13.2 Å².